The van der Waals surface area contributed by atoms with Crippen molar-refractivity contribution in [1.82, 2.24) is 14.0 Å². The molecular formula is C52H50N4O2. The number of hydrogen-bond acceptors (Lipinski definition) is 4. The van der Waals surface area contributed by atoms with E-state index in [1.807, 2.05) is 0 Å². The van der Waals surface area contributed by atoms with Crippen LogP contribution in [0.1, 0.15) is 29.5 Å². The molecule has 6 nitrogen and oxygen atoms in total. The first-order valence-electron chi connectivity index (χ1n) is 20.3. The number of rotatable bonds is 10. The number of phenolic OH excluding ortho intramolecular Hbond substituents is 2. The zero-order valence-corrected chi connectivity index (χ0v) is 34.2. The van der Waals surface area contributed by atoms with Gasteiger partial charge in [0.1, 0.15) is 11.5 Å². The lowest BCUT2D eigenvalue weighted by Crippen LogP contribution is -2.22. The Morgan fingerprint density at radius 1 is 0.431 bits per heavy atom. The molecule has 0 saturated carbocycles. The highest BCUT2D eigenvalue weighted by atomic mass is 16.3. The van der Waals surface area contributed by atoms with Crippen LogP contribution < -0.4 is 4.90 Å². The Labute approximate surface area is 340 Å². The molecule has 0 bridgehead atoms. The number of para-hydroxylation sites is 4. The van der Waals surface area contributed by atoms with Crippen molar-refractivity contribution >= 4 is 49.3 Å². The van der Waals surface area contributed by atoms with Crippen molar-refractivity contribution in [2.45, 2.75) is 33.6 Å². The maximum absolute atomic E-state index is 12.7. The average molecular weight is 763 g/mol. The quantitative estimate of drug-likeness (QED) is 0.136. The van der Waals surface area contributed by atoms with Gasteiger partial charge in [-0.05, 0) is 132 Å². The van der Waals surface area contributed by atoms with Crippen LogP contribution in [-0.2, 0) is 0 Å². The number of phenols is 2. The van der Waals surface area contributed by atoms with Crippen LogP contribution in [0.25, 0.3) is 77.2 Å². The highest BCUT2D eigenvalue weighted by Crippen LogP contribution is 2.49. The van der Waals surface area contributed by atoms with Gasteiger partial charge in [-0.3, -0.25) is 0 Å². The van der Waals surface area contributed by atoms with Gasteiger partial charge in [-0.15, -0.1) is 0 Å². The van der Waals surface area contributed by atoms with E-state index in [0.717, 1.165) is 126 Å². The molecule has 2 heterocycles. The summed E-state index contributed by atoms with van der Waals surface area (Å²) in [6.07, 6.45) is 2.04. The van der Waals surface area contributed by atoms with Gasteiger partial charge in [-0.25, -0.2) is 0 Å². The number of fused-ring (bicyclic) bond motifs is 6. The lowest BCUT2D eigenvalue weighted by Gasteiger charge is -2.28. The number of benzene rings is 7. The summed E-state index contributed by atoms with van der Waals surface area (Å²) in [7, 11) is 6.38. The van der Waals surface area contributed by atoms with Gasteiger partial charge in [-0.1, -0.05) is 72.8 Å². The molecule has 0 atom stereocenters. The van der Waals surface area contributed by atoms with E-state index in [4.69, 9.17) is 0 Å². The maximum atomic E-state index is 12.7. The van der Waals surface area contributed by atoms with E-state index in [2.05, 4.69) is 194 Å². The fourth-order valence-corrected chi connectivity index (χ4v) is 9.12. The van der Waals surface area contributed by atoms with Crippen LogP contribution in [0.3, 0.4) is 0 Å². The first-order chi connectivity index (χ1) is 28.1. The van der Waals surface area contributed by atoms with E-state index in [1.165, 1.54) is 0 Å². The van der Waals surface area contributed by atoms with E-state index in [-0.39, 0.29) is 11.5 Å². The van der Waals surface area contributed by atoms with Crippen molar-refractivity contribution in [3.63, 3.8) is 0 Å². The Morgan fingerprint density at radius 3 is 1.14 bits per heavy atom. The van der Waals surface area contributed by atoms with Crippen molar-refractivity contribution < 1.29 is 10.2 Å². The molecule has 0 spiro atoms. The largest absolute Gasteiger partial charge is 0.505 e. The molecule has 0 fully saturated rings. The van der Waals surface area contributed by atoms with Gasteiger partial charge in [0, 0.05) is 57.4 Å². The van der Waals surface area contributed by atoms with Crippen molar-refractivity contribution in [2.24, 2.45) is 0 Å². The van der Waals surface area contributed by atoms with Crippen LogP contribution in [0.2, 0.25) is 0 Å². The maximum Gasteiger partial charge on any atom is 0.147 e. The number of nitrogens with zero attached hydrogens (tertiary/aromatic N) is 4. The summed E-state index contributed by atoms with van der Waals surface area (Å²) in [5, 5.41) is 29.9. The highest BCUT2D eigenvalue weighted by molar-refractivity contribution is 6.11. The Bertz CT molecular complexity index is 2730. The zero-order chi connectivity index (χ0) is 40.2. The standard InChI is InChI=1S/C52H50N4O2/c1-33-27-40(42-29-34(2)31-48(51(42)57)55-44-21-11-7-17-36(44)37-18-8-12-22-45(37)55)50(54(6)26-16-15-25-53(4)5)41(28-33)43-30-35(3)32-49(52(43)58)56-46-23-13-9-19-38(46)39-20-10-14-24-47(39)56/h7-14,17-24,27-32,57-58H,15-16,25-26H2,1-6H3. The van der Waals surface area contributed by atoms with Gasteiger partial charge in [0.25, 0.3) is 0 Å². The summed E-state index contributed by atoms with van der Waals surface area (Å²) in [6.45, 7) is 8.12. The van der Waals surface area contributed by atoms with Crippen molar-refractivity contribution in [1.29, 1.82) is 0 Å². The fraction of sp³-hybridized carbons (Fsp3) is 0.192. The predicted octanol–water partition coefficient (Wildman–Crippen LogP) is 12.3. The minimum atomic E-state index is 0.218. The summed E-state index contributed by atoms with van der Waals surface area (Å²) in [6, 6.07) is 46.4. The van der Waals surface area contributed by atoms with Crippen LogP contribution in [0.15, 0.2) is 133 Å². The molecule has 6 heteroatoms. The van der Waals surface area contributed by atoms with Gasteiger partial charge >= 0.3 is 0 Å². The van der Waals surface area contributed by atoms with E-state index in [1.54, 1.807) is 0 Å². The minimum absolute atomic E-state index is 0.218. The number of aromatic nitrogens is 2. The molecular weight excluding hydrogens is 713 g/mol. The van der Waals surface area contributed by atoms with Crippen molar-refractivity contribution in [2.75, 3.05) is 39.1 Å². The fourth-order valence-electron chi connectivity index (χ4n) is 9.12. The lowest BCUT2D eigenvalue weighted by molar-refractivity contribution is 0.395. The van der Waals surface area contributed by atoms with Gasteiger partial charge in [-0.2, -0.15) is 0 Å². The number of aromatic hydroxyl groups is 2. The summed E-state index contributed by atoms with van der Waals surface area (Å²) >= 11 is 0. The van der Waals surface area contributed by atoms with E-state index in [9.17, 15) is 10.2 Å². The normalized spacial score (nSPS) is 11.8. The third-order valence-corrected chi connectivity index (χ3v) is 11.7. The Hall–Kier alpha value is -6.50. The third-order valence-electron chi connectivity index (χ3n) is 11.7. The molecule has 0 aliphatic rings. The SMILES string of the molecule is Cc1cc(-c2cc(C)cc(-n3c4ccccc4c4ccccc43)c2O)c(N(C)CCCCN(C)C)c(-c2cc(C)cc(-n3c4ccccc4c4ccccc43)c2O)c1. The van der Waals surface area contributed by atoms with E-state index in [0.29, 0.717) is 0 Å². The monoisotopic (exact) mass is 762 g/mol. The molecule has 7 aromatic carbocycles. The Morgan fingerprint density at radius 2 is 0.759 bits per heavy atom. The van der Waals surface area contributed by atoms with Gasteiger partial charge < -0.3 is 29.1 Å². The highest BCUT2D eigenvalue weighted by Gasteiger charge is 2.26. The zero-order valence-electron chi connectivity index (χ0n) is 34.2. The molecule has 9 aromatic rings. The number of unbranched alkanes of at least 4 members (excludes halogenated alkanes) is 1. The molecule has 290 valence electrons. The smallest absolute Gasteiger partial charge is 0.147 e. The third kappa shape index (κ3) is 6.25. The number of anilines is 1. The summed E-state index contributed by atoms with van der Waals surface area (Å²) in [5.41, 5.74) is 13.1. The van der Waals surface area contributed by atoms with E-state index >= 15 is 0 Å². The second-order valence-corrected chi connectivity index (χ2v) is 16.2. The Balaban J connectivity index is 1.30. The van der Waals surface area contributed by atoms with Crippen LogP contribution in [0.4, 0.5) is 5.69 Å². The van der Waals surface area contributed by atoms with Crippen LogP contribution in [0.5, 0.6) is 11.5 Å². The van der Waals surface area contributed by atoms with Crippen LogP contribution >= 0.6 is 0 Å². The molecule has 2 N–H and O–H groups in total. The van der Waals surface area contributed by atoms with Gasteiger partial charge in [0.15, 0.2) is 0 Å². The second kappa shape index (κ2) is 14.8. The van der Waals surface area contributed by atoms with Crippen molar-refractivity contribution in [3.05, 3.63) is 150 Å². The molecule has 2 aromatic heterocycles. The topological polar surface area (TPSA) is 56.8 Å². The molecule has 9 rings (SSSR count). The van der Waals surface area contributed by atoms with Gasteiger partial charge in [0.05, 0.1) is 39.1 Å². The van der Waals surface area contributed by atoms with Crippen molar-refractivity contribution in [3.8, 4) is 45.1 Å². The average Bonchev–Trinajstić information content (AvgIpc) is 3.73. The van der Waals surface area contributed by atoms with Crippen LogP contribution in [0, 0.1) is 20.8 Å². The molecule has 0 unspecified atom stereocenters. The molecule has 0 amide bonds. The number of hydrogen-bond donors (Lipinski definition) is 2. The lowest BCUT2D eigenvalue weighted by atomic mass is 9.90. The molecule has 0 aliphatic carbocycles. The molecule has 0 aliphatic heterocycles. The number of aryl methyl sites for hydroxylation is 3. The summed E-state index contributed by atoms with van der Waals surface area (Å²) in [4.78, 5) is 4.55. The van der Waals surface area contributed by atoms with E-state index < -0.39 is 0 Å². The second-order valence-electron chi connectivity index (χ2n) is 16.2. The van der Waals surface area contributed by atoms with Crippen LogP contribution in [-0.4, -0.2) is 58.5 Å². The van der Waals surface area contributed by atoms with Gasteiger partial charge in [0.2, 0.25) is 0 Å². The minimum Gasteiger partial charge on any atom is -0.505 e. The Kier molecular flexibility index (Phi) is 9.45. The molecule has 58 heavy (non-hydrogen) atoms. The first kappa shape index (κ1) is 37.1. The summed E-state index contributed by atoms with van der Waals surface area (Å²) < 4.78 is 4.39. The molecule has 0 radical (unpaired) electrons. The predicted molar refractivity (Wildman–Crippen MR) is 245 cm³/mol. The summed E-state index contributed by atoms with van der Waals surface area (Å²) in [5.74, 6) is 0.436. The molecule has 0 saturated heterocycles. The first-order valence-corrected chi connectivity index (χ1v) is 20.3.